The zero-order valence-corrected chi connectivity index (χ0v) is 9.91. The van der Waals surface area contributed by atoms with Crippen molar-refractivity contribution in [3.8, 4) is 0 Å². The molecule has 0 saturated carbocycles. The van der Waals surface area contributed by atoms with Crippen molar-refractivity contribution in [1.82, 2.24) is 4.98 Å². The number of carboxylic acid groups (broad SMARTS) is 1. The number of aliphatic carboxylic acids is 1. The summed E-state index contributed by atoms with van der Waals surface area (Å²) < 4.78 is 4.72. The van der Waals surface area contributed by atoms with Crippen LogP contribution in [0.15, 0.2) is 12.3 Å². The Bertz CT molecular complexity index is 463. The van der Waals surface area contributed by atoms with Crippen LogP contribution in [0.1, 0.15) is 5.56 Å². The van der Waals surface area contributed by atoms with E-state index in [1.807, 2.05) is 0 Å². The van der Waals surface area contributed by atoms with Crippen LogP contribution in [-0.2, 0) is 9.53 Å². The number of aromatic nitrogens is 1. The lowest BCUT2D eigenvalue weighted by Crippen LogP contribution is -2.34. The highest BCUT2D eigenvalue weighted by Crippen LogP contribution is 2.23. The van der Waals surface area contributed by atoms with Crippen LogP contribution >= 0.6 is 0 Å². The van der Waals surface area contributed by atoms with Gasteiger partial charge in [0.2, 0.25) is 5.82 Å². The fourth-order valence-electron chi connectivity index (χ4n) is 1.31. The lowest BCUT2D eigenvalue weighted by molar-refractivity contribution is -0.384. The van der Waals surface area contributed by atoms with Crippen molar-refractivity contribution in [2.75, 3.05) is 19.0 Å². The molecule has 1 unspecified atom stereocenters. The summed E-state index contributed by atoms with van der Waals surface area (Å²) in [5.74, 6) is -1.26. The lowest BCUT2D eigenvalue weighted by Gasteiger charge is -2.14. The first-order valence-electron chi connectivity index (χ1n) is 5.05. The maximum atomic E-state index is 10.9. The molecule has 8 nitrogen and oxygen atoms in total. The van der Waals surface area contributed by atoms with Crippen LogP contribution in [0.3, 0.4) is 0 Å². The van der Waals surface area contributed by atoms with Crippen molar-refractivity contribution >= 4 is 17.5 Å². The number of carboxylic acids is 1. The van der Waals surface area contributed by atoms with Crippen molar-refractivity contribution < 1.29 is 19.6 Å². The van der Waals surface area contributed by atoms with Crippen LogP contribution in [0.2, 0.25) is 0 Å². The monoisotopic (exact) mass is 255 g/mol. The van der Waals surface area contributed by atoms with E-state index >= 15 is 0 Å². The zero-order chi connectivity index (χ0) is 13.7. The van der Waals surface area contributed by atoms with E-state index in [2.05, 4.69) is 10.3 Å². The predicted octanol–water partition coefficient (Wildman–Crippen LogP) is 0.810. The molecule has 1 aromatic rings. The molecule has 0 aliphatic heterocycles. The number of nitrogens with zero attached hydrogens (tertiary/aromatic N) is 2. The number of nitrogens with one attached hydrogen (secondary N) is 1. The summed E-state index contributed by atoms with van der Waals surface area (Å²) in [5.41, 5.74) is 0.350. The maximum Gasteiger partial charge on any atom is 0.328 e. The Balaban J connectivity index is 3.01. The molecule has 1 aromatic heterocycles. The van der Waals surface area contributed by atoms with E-state index in [1.54, 1.807) is 6.92 Å². The Morgan fingerprint density at radius 3 is 2.89 bits per heavy atom. The number of hydrogen-bond donors (Lipinski definition) is 2. The van der Waals surface area contributed by atoms with Gasteiger partial charge in [-0.15, -0.1) is 0 Å². The topological polar surface area (TPSA) is 115 Å². The van der Waals surface area contributed by atoms with E-state index in [1.165, 1.54) is 19.4 Å². The van der Waals surface area contributed by atoms with Crippen molar-refractivity contribution in [2.24, 2.45) is 0 Å². The van der Waals surface area contributed by atoms with Crippen LogP contribution in [0.5, 0.6) is 0 Å². The van der Waals surface area contributed by atoms with Crippen molar-refractivity contribution in [3.05, 3.63) is 27.9 Å². The summed E-state index contributed by atoms with van der Waals surface area (Å²) in [4.78, 5) is 24.9. The molecule has 18 heavy (non-hydrogen) atoms. The second-order valence-corrected chi connectivity index (χ2v) is 3.63. The number of ether oxygens (including phenoxy) is 1. The molecule has 0 aliphatic carbocycles. The first-order chi connectivity index (χ1) is 8.45. The maximum absolute atomic E-state index is 10.9. The second-order valence-electron chi connectivity index (χ2n) is 3.63. The minimum Gasteiger partial charge on any atom is -0.480 e. The normalized spacial score (nSPS) is 11.9. The Kier molecular flexibility index (Phi) is 4.55. The molecule has 0 fully saturated rings. The number of rotatable bonds is 6. The standard InChI is InChI=1S/C10H13N3O5/c1-6-3-8(13(16)17)9(11-4-6)12-7(5-18-2)10(14)15/h3-4,7H,5H2,1-2H3,(H,11,12)(H,14,15). The minimum atomic E-state index is -1.17. The predicted molar refractivity (Wildman–Crippen MR) is 62.6 cm³/mol. The molecule has 1 heterocycles. The van der Waals surface area contributed by atoms with Crippen molar-refractivity contribution in [3.63, 3.8) is 0 Å². The molecule has 2 N–H and O–H groups in total. The molecule has 1 rings (SSSR count). The zero-order valence-electron chi connectivity index (χ0n) is 9.91. The molecule has 0 saturated heterocycles. The number of anilines is 1. The molecule has 0 amide bonds. The van der Waals surface area contributed by atoms with E-state index in [9.17, 15) is 14.9 Å². The number of aryl methyl sites for hydroxylation is 1. The van der Waals surface area contributed by atoms with Gasteiger partial charge in [0.1, 0.15) is 6.04 Å². The van der Waals surface area contributed by atoms with Gasteiger partial charge in [0.15, 0.2) is 0 Å². The van der Waals surface area contributed by atoms with Crippen molar-refractivity contribution in [2.45, 2.75) is 13.0 Å². The fraction of sp³-hybridized carbons (Fsp3) is 0.400. The molecule has 0 aromatic carbocycles. The Morgan fingerprint density at radius 2 is 2.39 bits per heavy atom. The van der Waals surface area contributed by atoms with Gasteiger partial charge in [-0.3, -0.25) is 10.1 Å². The van der Waals surface area contributed by atoms with E-state index in [0.29, 0.717) is 5.56 Å². The largest absolute Gasteiger partial charge is 0.480 e. The third kappa shape index (κ3) is 3.39. The van der Waals surface area contributed by atoms with Crippen LogP contribution in [0.25, 0.3) is 0 Å². The van der Waals surface area contributed by atoms with Gasteiger partial charge >= 0.3 is 11.7 Å². The Morgan fingerprint density at radius 1 is 1.72 bits per heavy atom. The highest BCUT2D eigenvalue weighted by Gasteiger charge is 2.23. The first-order valence-corrected chi connectivity index (χ1v) is 5.05. The highest BCUT2D eigenvalue weighted by molar-refractivity contribution is 5.78. The lowest BCUT2D eigenvalue weighted by atomic mass is 10.2. The molecule has 0 aliphatic rings. The van der Waals surface area contributed by atoms with Gasteiger partial charge in [-0.25, -0.2) is 9.78 Å². The molecular weight excluding hydrogens is 242 g/mol. The van der Waals surface area contributed by atoms with Crippen LogP contribution in [0, 0.1) is 17.0 Å². The van der Waals surface area contributed by atoms with Gasteiger partial charge in [-0.1, -0.05) is 0 Å². The number of carbonyl (C=O) groups is 1. The summed E-state index contributed by atoms with van der Waals surface area (Å²) in [7, 11) is 1.34. The first kappa shape index (κ1) is 13.8. The van der Waals surface area contributed by atoms with E-state index < -0.39 is 16.9 Å². The average molecular weight is 255 g/mol. The molecule has 0 bridgehead atoms. The third-order valence-corrected chi connectivity index (χ3v) is 2.14. The van der Waals surface area contributed by atoms with E-state index in [4.69, 9.17) is 9.84 Å². The summed E-state index contributed by atoms with van der Waals surface area (Å²) in [6, 6.07) is 0.227. The summed E-state index contributed by atoms with van der Waals surface area (Å²) >= 11 is 0. The average Bonchev–Trinajstić information content (AvgIpc) is 2.30. The van der Waals surface area contributed by atoms with Crippen LogP contribution < -0.4 is 5.32 Å². The van der Waals surface area contributed by atoms with Gasteiger partial charge in [0, 0.05) is 19.4 Å². The van der Waals surface area contributed by atoms with Gasteiger partial charge in [0.25, 0.3) is 0 Å². The van der Waals surface area contributed by atoms with Crippen molar-refractivity contribution in [1.29, 1.82) is 0 Å². The molecule has 8 heteroatoms. The third-order valence-electron chi connectivity index (χ3n) is 2.14. The van der Waals surface area contributed by atoms with Crippen LogP contribution in [-0.4, -0.2) is 40.7 Å². The highest BCUT2D eigenvalue weighted by atomic mass is 16.6. The fourth-order valence-corrected chi connectivity index (χ4v) is 1.31. The van der Waals surface area contributed by atoms with E-state index in [-0.39, 0.29) is 18.1 Å². The smallest absolute Gasteiger partial charge is 0.328 e. The van der Waals surface area contributed by atoms with Gasteiger partial charge in [0.05, 0.1) is 11.5 Å². The number of hydrogen-bond acceptors (Lipinski definition) is 6. The summed E-state index contributed by atoms with van der Waals surface area (Å²) in [6.45, 7) is 1.54. The molecule has 1 atom stereocenters. The summed E-state index contributed by atoms with van der Waals surface area (Å²) in [6.07, 6.45) is 1.42. The number of methoxy groups -OCH3 is 1. The van der Waals surface area contributed by atoms with Gasteiger partial charge in [-0.2, -0.15) is 0 Å². The minimum absolute atomic E-state index is 0.0879. The van der Waals surface area contributed by atoms with E-state index in [0.717, 1.165) is 0 Å². The van der Waals surface area contributed by atoms with Gasteiger partial charge in [-0.05, 0) is 12.5 Å². The molecule has 0 spiro atoms. The van der Waals surface area contributed by atoms with Gasteiger partial charge < -0.3 is 15.2 Å². The Hall–Kier alpha value is -2.22. The quantitative estimate of drug-likeness (QED) is 0.570. The molecule has 0 radical (unpaired) electrons. The number of pyridine rings is 1. The SMILES string of the molecule is COCC(Nc1ncc(C)cc1[N+](=O)[O-])C(=O)O. The second kappa shape index (κ2) is 5.92. The number of nitro groups is 1. The van der Waals surface area contributed by atoms with Crippen LogP contribution in [0.4, 0.5) is 11.5 Å². The Labute approximate surface area is 103 Å². The summed E-state index contributed by atoms with van der Waals surface area (Å²) in [5, 5.41) is 22.2. The molecule has 98 valence electrons. The molecular formula is C10H13N3O5.